The topological polar surface area (TPSA) is 12.0 Å². The number of hydrogen-bond acceptors (Lipinski definition) is 2. The van der Waals surface area contributed by atoms with E-state index in [0.29, 0.717) is 10.0 Å². The summed E-state index contributed by atoms with van der Waals surface area (Å²) in [4.78, 5) is 1.27. The predicted octanol–water partition coefficient (Wildman–Crippen LogP) is 6.13. The zero-order chi connectivity index (χ0) is 15.4. The quantitative estimate of drug-likeness (QED) is 0.657. The van der Waals surface area contributed by atoms with Crippen LogP contribution in [0.1, 0.15) is 37.1 Å². The van der Waals surface area contributed by atoms with Crippen molar-refractivity contribution in [3.8, 4) is 0 Å². The molecule has 0 radical (unpaired) electrons. The minimum Gasteiger partial charge on any atom is -0.304 e. The molecule has 0 fully saturated rings. The van der Waals surface area contributed by atoms with E-state index in [1.165, 1.54) is 10.5 Å². The predicted molar refractivity (Wildman–Crippen MR) is 94.7 cm³/mol. The maximum absolute atomic E-state index is 6.28. The van der Waals surface area contributed by atoms with Crippen LogP contribution in [0.2, 0.25) is 10.0 Å². The molecule has 2 rings (SSSR count). The Kier molecular flexibility index (Phi) is 6.00. The Morgan fingerprint density at radius 1 is 0.952 bits per heavy atom. The normalized spacial score (nSPS) is 14.0. The summed E-state index contributed by atoms with van der Waals surface area (Å²) in [5, 5.41) is 4.79. The van der Waals surface area contributed by atoms with Crippen molar-refractivity contribution < 1.29 is 0 Å². The number of halogens is 2. The maximum atomic E-state index is 6.28. The fourth-order valence-corrected chi connectivity index (χ4v) is 3.19. The van der Waals surface area contributed by atoms with Gasteiger partial charge < -0.3 is 5.32 Å². The van der Waals surface area contributed by atoms with Crippen LogP contribution in [0.3, 0.4) is 0 Å². The molecule has 0 amide bonds. The van der Waals surface area contributed by atoms with Crippen molar-refractivity contribution in [3.63, 3.8) is 0 Å². The largest absolute Gasteiger partial charge is 0.304 e. The van der Waals surface area contributed by atoms with E-state index in [4.69, 9.17) is 23.2 Å². The molecule has 1 nitrogen and oxygen atoms in total. The highest BCUT2D eigenvalue weighted by atomic mass is 35.5. The van der Waals surface area contributed by atoms with E-state index < -0.39 is 0 Å². The summed E-state index contributed by atoms with van der Waals surface area (Å²) in [5.74, 6) is 0. The molecule has 0 bridgehead atoms. The SMILES string of the molecule is CSc1ccc(C(C)NC(C)c2cccc(Cl)c2Cl)cc1. The first kappa shape index (κ1) is 16.7. The fourth-order valence-electron chi connectivity index (χ4n) is 2.31. The molecule has 0 aliphatic heterocycles. The Balaban J connectivity index is 2.10. The van der Waals surface area contributed by atoms with Crippen LogP contribution >= 0.6 is 35.0 Å². The van der Waals surface area contributed by atoms with Crippen LogP contribution in [0, 0.1) is 0 Å². The van der Waals surface area contributed by atoms with Gasteiger partial charge >= 0.3 is 0 Å². The Morgan fingerprint density at radius 2 is 1.62 bits per heavy atom. The number of nitrogens with one attached hydrogen (secondary N) is 1. The van der Waals surface area contributed by atoms with Gasteiger partial charge in [0.05, 0.1) is 10.0 Å². The molecule has 1 N–H and O–H groups in total. The number of thioether (sulfide) groups is 1. The monoisotopic (exact) mass is 339 g/mol. The average Bonchev–Trinajstić information content (AvgIpc) is 2.50. The van der Waals surface area contributed by atoms with Gasteiger partial charge in [-0.2, -0.15) is 0 Å². The summed E-state index contributed by atoms with van der Waals surface area (Å²) in [6, 6.07) is 14.7. The first-order valence-corrected chi connectivity index (χ1v) is 8.85. The van der Waals surface area contributed by atoms with E-state index in [2.05, 4.69) is 49.7 Å². The molecule has 112 valence electrons. The molecule has 0 aliphatic carbocycles. The standard InChI is InChI=1S/C17H19Cl2NS/c1-11(13-7-9-14(21-3)10-8-13)20-12(2)15-5-4-6-16(18)17(15)19/h4-12,20H,1-3H3. The molecule has 2 aromatic carbocycles. The maximum Gasteiger partial charge on any atom is 0.0639 e. The van der Waals surface area contributed by atoms with Crippen LogP contribution in [0.25, 0.3) is 0 Å². The second-order valence-corrected chi connectivity index (χ2v) is 6.69. The molecule has 21 heavy (non-hydrogen) atoms. The molecular weight excluding hydrogens is 321 g/mol. The van der Waals surface area contributed by atoms with Gasteiger partial charge in [-0.25, -0.2) is 0 Å². The van der Waals surface area contributed by atoms with Crippen LogP contribution in [0.5, 0.6) is 0 Å². The van der Waals surface area contributed by atoms with Crippen molar-refractivity contribution in [3.05, 3.63) is 63.6 Å². The second kappa shape index (κ2) is 7.55. The van der Waals surface area contributed by atoms with Gasteiger partial charge in [0.25, 0.3) is 0 Å². The van der Waals surface area contributed by atoms with Crippen molar-refractivity contribution in [2.75, 3.05) is 6.26 Å². The van der Waals surface area contributed by atoms with Crippen molar-refractivity contribution in [2.24, 2.45) is 0 Å². The molecule has 0 saturated carbocycles. The van der Waals surface area contributed by atoms with Crippen LogP contribution < -0.4 is 5.32 Å². The summed E-state index contributed by atoms with van der Waals surface area (Å²) in [6.45, 7) is 4.26. The lowest BCUT2D eigenvalue weighted by Gasteiger charge is -2.22. The number of hydrogen-bond donors (Lipinski definition) is 1. The smallest absolute Gasteiger partial charge is 0.0639 e. The molecule has 0 saturated heterocycles. The zero-order valence-electron chi connectivity index (χ0n) is 12.4. The van der Waals surface area contributed by atoms with E-state index in [0.717, 1.165) is 5.56 Å². The third-order valence-corrected chi connectivity index (χ3v) is 5.14. The lowest BCUT2D eigenvalue weighted by atomic mass is 10.0. The third kappa shape index (κ3) is 4.17. The summed E-state index contributed by atoms with van der Waals surface area (Å²) >= 11 is 14.1. The lowest BCUT2D eigenvalue weighted by Crippen LogP contribution is -2.22. The summed E-state index contributed by atoms with van der Waals surface area (Å²) in [5.41, 5.74) is 2.29. The average molecular weight is 340 g/mol. The molecule has 2 atom stereocenters. The lowest BCUT2D eigenvalue weighted by molar-refractivity contribution is 0.494. The number of rotatable bonds is 5. The van der Waals surface area contributed by atoms with Crippen LogP contribution in [0.4, 0.5) is 0 Å². The molecule has 4 heteroatoms. The Morgan fingerprint density at radius 3 is 2.24 bits per heavy atom. The Labute approximate surface area is 141 Å². The summed E-state index contributed by atoms with van der Waals surface area (Å²) in [6.07, 6.45) is 2.08. The Hall–Kier alpha value is -0.670. The van der Waals surface area contributed by atoms with E-state index in [1.807, 2.05) is 18.2 Å². The highest BCUT2D eigenvalue weighted by Gasteiger charge is 2.15. The van der Waals surface area contributed by atoms with Crippen LogP contribution in [-0.4, -0.2) is 6.26 Å². The van der Waals surface area contributed by atoms with Crippen LogP contribution in [-0.2, 0) is 0 Å². The highest BCUT2D eigenvalue weighted by Crippen LogP contribution is 2.31. The Bertz CT molecular complexity index is 598. The van der Waals surface area contributed by atoms with E-state index in [-0.39, 0.29) is 12.1 Å². The van der Waals surface area contributed by atoms with Gasteiger partial charge in [0, 0.05) is 17.0 Å². The van der Waals surface area contributed by atoms with Gasteiger partial charge in [0.15, 0.2) is 0 Å². The van der Waals surface area contributed by atoms with Gasteiger partial charge in [-0.05, 0) is 49.4 Å². The van der Waals surface area contributed by atoms with E-state index >= 15 is 0 Å². The van der Waals surface area contributed by atoms with Crippen molar-refractivity contribution in [2.45, 2.75) is 30.8 Å². The highest BCUT2D eigenvalue weighted by molar-refractivity contribution is 7.98. The van der Waals surface area contributed by atoms with Crippen molar-refractivity contribution >= 4 is 35.0 Å². The molecule has 0 aliphatic rings. The van der Waals surface area contributed by atoms with Gasteiger partial charge in [0.2, 0.25) is 0 Å². The van der Waals surface area contributed by atoms with Gasteiger partial charge in [-0.1, -0.05) is 47.5 Å². The first-order valence-electron chi connectivity index (χ1n) is 6.87. The second-order valence-electron chi connectivity index (χ2n) is 5.03. The molecular formula is C17H19Cl2NS. The van der Waals surface area contributed by atoms with Crippen molar-refractivity contribution in [1.82, 2.24) is 5.32 Å². The molecule has 2 unspecified atom stereocenters. The molecule has 2 aromatic rings. The van der Waals surface area contributed by atoms with Gasteiger partial charge in [-0.15, -0.1) is 11.8 Å². The molecule has 0 heterocycles. The first-order chi connectivity index (χ1) is 10.0. The van der Waals surface area contributed by atoms with Crippen molar-refractivity contribution in [1.29, 1.82) is 0 Å². The van der Waals surface area contributed by atoms with E-state index in [9.17, 15) is 0 Å². The van der Waals surface area contributed by atoms with Crippen LogP contribution in [0.15, 0.2) is 47.4 Å². The minimum absolute atomic E-state index is 0.131. The summed E-state index contributed by atoms with van der Waals surface area (Å²) in [7, 11) is 0. The minimum atomic E-state index is 0.131. The van der Waals surface area contributed by atoms with Gasteiger partial charge in [0.1, 0.15) is 0 Å². The molecule has 0 aromatic heterocycles. The summed E-state index contributed by atoms with van der Waals surface area (Å²) < 4.78 is 0. The fraction of sp³-hybridized carbons (Fsp3) is 0.294. The third-order valence-electron chi connectivity index (χ3n) is 3.56. The molecule has 0 spiro atoms. The number of benzene rings is 2. The van der Waals surface area contributed by atoms with Gasteiger partial charge in [-0.3, -0.25) is 0 Å². The van der Waals surface area contributed by atoms with E-state index in [1.54, 1.807) is 11.8 Å². The zero-order valence-corrected chi connectivity index (χ0v) is 14.7.